The highest BCUT2D eigenvalue weighted by Crippen LogP contribution is 2.46. The third-order valence-corrected chi connectivity index (χ3v) is 4.72. The lowest BCUT2D eigenvalue weighted by Crippen LogP contribution is -2.41. The standard InChI is InChI=1S/C17H28N2O/c1-4-20-14-10-8-13(9-11-14)16(19-18)15-7-5-6-12-17(15,2)3/h8-11,15-16,19H,4-7,12,18H2,1-3H3. The van der Waals surface area contributed by atoms with Crippen molar-refractivity contribution in [3.63, 3.8) is 0 Å². The van der Waals surface area contributed by atoms with Crippen LogP contribution in [0, 0.1) is 11.3 Å². The smallest absolute Gasteiger partial charge is 0.119 e. The first-order valence-corrected chi connectivity index (χ1v) is 7.77. The van der Waals surface area contributed by atoms with E-state index in [1.165, 1.54) is 31.2 Å². The maximum atomic E-state index is 5.87. The van der Waals surface area contributed by atoms with Gasteiger partial charge < -0.3 is 4.74 Å². The van der Waals surface area contributed by atoms with E-state index in [0.29, 0.717) is 17.9 Å². The van der Waals surface area contributed by atoms with E-state index in [0.717, 1.165) is 5.75 Å². The Bertz CT molecular complexity index is 414. The first-order valence-electron chi connectivity index (χ1n) is 7.77. The van der Waals surface area contributed by atoms with Gasteiger partial charge >= 0.3 is 0 Å². The second kappa shape index (κ2) is 6.59. The Balaban J connectivity index is 2.18. The van der Waals surface area contributed by atoms with Crippen molar-refractivity contribution in [2.24, 2.45) is 17.2 Å². The van der Waals surface area contributed by atoms with Crippen LogP contribution in [0.1, 0.15) is 58.1 Å². The molecule has 1 fully saturated rings. The zero-order valence-corrected chi connectivity index (χ0v) is 13.0. The normalized spacial score (nSPS) is 23.3. The number of hydrazine groups is 1. The molecule has 1 aromatic rings. The molecule has 0 amide bonds. The third-order valence-electron chi connectivity index (χ3n) is 4.72. The summed E-state index contributed by atoms with van der Waals surface area (Å²) in [7, 11) is 0. The molecule has 2 unspecified atom stereocenters. The van der Waals surface area contributed by atoms with Gasteiger partial charge in [-0.15, -0.1) is 0 Å². The molecular formula is C17H28N2O. The van der Waals surface area contributed by atoms with E-state index < -0.39 is 0 Å². The van der Waals surface area contributed by atoms with Crippen LogP contribution < -0.4 is 16.0 Å². The summed E-state index contributed by atoms with van der Waals surface area (Å²) in [5, 5.41) is 0. The fraction of sp³-hybridized carbons (Fsp3) is 0.647. The van der Waals surface area contributed by atoms with Crippen LogP contribution in [-0.4, -0.2) is 6.61 Å². The molecule has 1 saturated carbocycles. The molecule has 3 heteroatoms. The zero-order valence-electron chi connectivity index (χ0n) is 13.0. The summed E-state index contributed by atoms with van der Waals surface area (Å²) < 4.78 is 5.51. The number of hydrogen-bond acceptors (Lipinski definition) is 3. The van der Waals surface area contributed by atoms with Crippen molar-refractivity contribution < 1.29 is 4.74 Å². The summed E-state index contributed by atoms with van der Waals surface area (Å²) in [5.41, 5.74) is 4.66. The van der Waals surface area contributed by atoms with E-state index in [9.17, 15) is 0 Å². The second-order valence-electron chi connectivity index (χ2n) is 6.49. The Labute approximate surface area is 122 Å². The van der Waals surface area contributed by atoms with Crippen molar-refractivity contribution in [3.8, 4) is 5.75 Å². The van der Waals surface area contributed by atoms with E-state index in [1.807, 2.05) is 19.1 Å². The van der Waals surface area contributed by atoms with Crippen molar-refractivity contribution in [2.75, 3.05) is 6.61 Å². The predicted octanol–water partition coefficient (Wildman–Crippen LogP) is 3.81. The van der Waals surface area contributed by atoms with E-state index in [1.54, 1.807) is 0 Å². The number of ether oxygens (including phenoxy) is 1. The van der Waals surface area contributed by atoms with Gasteiger partial charge in [-0.05, 0) is 48.8 Å². The molecule has 0 heterocycles. The lowest BCUT2D eigenvalue weighted by atomic mass is 9.65. The zero-order chi connectivity index (χ0) is 14.6. The highest BCUT2D eigenvalue weighted by atomic mass is 16.5. The largest absolute Gasteiger partial charge is 0.494 e. The fourth-order valence-electron chi connectivity index (χ4n) is 3.52. The Kier molecular flexibility index (Phi) is 5.06. The van der Waals surface area contributed by atoms with E-state index in [4.69, 9.17) is 10.6 Å². The highest BCUT2D eigenvalue weighted by Gasteiger charge is 2.37. The van der Waals surface area contributed by atoms with Gasteiger partial charge in [-0.2, -0.15) is 0 Å². The minimum Gasteiger partial charge on any atom is -0.494 e. The van der Waals surface area contributed by atoms with Gasteiger partial charge in [-0.1, -0.05) is 38.8 Å². The summed E-state index contributed by atoms with van der Waals surface area (Å²) in [5.74, 6) is 7.38. The van der Waals surface area contributed by atoms with Gasteiger partial charge in [0.2, 0.25) is 0 Å². The fourth-order valence-corrected chi connectivity index (χ4v) is 3.52. The van der Waals surface area contributed by atoms with Crippen LogP contribution in [0.25, 0.3) is 0 Å². The minimum atomic E-state index is 0.223. The van der Waals surface area contributed by atoms with E-state index in [2.05, 4.69) is 31.4 Å². The van der Waals surface area contributed by atoms with Gasteiger partial charge in [0.15, 0.2) is 0 Å². The second-order valence-corrected chi connectivity index (χ2v) is 6.49. The predicted molar refractivity (Wildman–Crippen MR) is 83.4 cm³/mol. The van der Waals surface area contributed by atoms with Crippen LogP contribution in [0.2, 0.25) is 0 Å². The summed E-state index contributed by atoms with van der Waals surface area (Å²) in [4.78, 5) is 0. The molecule has 2 atom stereocenters. The van der Waals surface area contributed by atoms with E-state index in [-0.39, 0.29) is 6.04 Å². The highest BCUT2D eigenvalue weighted by molar-refractivity contribution is 5.30. The molecule has 2 rings (SSSR count). The van der Waals surface area contributed by atoms with Crippen molar-refractivity contribution >= 4 is 0 Å². The van der Waals surface area contributed by atoms with Crippen LogP contribution in [-0.2, 0) is 0 Å². The van der Waals surface area contributed by atoms with Gasteiger partial charge in [-0.3, -0.25) is 11.3 Å². The molecule has 1 aliphatic rings. The number of hydrogen-bond donors (Lipinski definition) is 2. The summed E-state index contributed by atoms with van der Waals surface area (Å²) >= 11 is 0. The Morgan fingerprint density at radius 1 is 1.30 bits per heavy atom. The summed E-state index contributed by atoms with van der Waals surface area (Å²) in [6.45, 7) is 7.45. The van der Waals surface area contributed by atoms with Crippen LogP contribution >= 0.6 is 0 Å². The molecule has 0 aliphatic heterocycles. The van der Waals surface area contributed by atoms with Gasteiger partial charge in [-0.25, -0.2) is 0 Å². The molecule has 1 aromatic carbocycles. The molecule has 0 radical (unpaired) electrons. The molecule has 3 nitrogen and oxygen atoms in total. The topological polar surface area (TPSA) is 47.3 Å². The van der Waals surface area contributed by atoms with Crippen LogP contribution in [0.4, 0.5) is 0 Å². The third kappa shape index (κ3) is 3.33. The Hall–Kier alpha value is -1.06. The quantitative estimate of drug-likeness (QED) is 0.635. The SMILES string of the molecule is CCOc1ccc(C(NN)C2CCCCC2(C)C)cc1. The lowest BCUT2D eigenvalue weighted by molar-refractivity contribution is 0.0982. The van der Waals surface area contributed by atoms with Crippen molar-refractivity contribution in [1.82, 2.24) is 5.43 Å². The number of nitrogens with two attached hydrogens (primary N) is 1. The van der Waals surface area contributed by atoms with E-state index >= 15 is 0 Å². The number of nitrogens with one attached hydrogen (secondary N) is 1. The molecule has 0 aromatic heterocycles. The number of rotatable bonds is 5. The average molecular weight is 276 g/mol. The molecule has 112 valence electrons. The van der Waals surface area contributed by atoms with Gasteiger partial charge in [0.25, 0.3) is 0 Å². The van der Waals surface area contributed by atoms with Gasteiger partial charge in [0, 0.05) is 6.04 Å². The molecule has 1 aliphatic carbocycles. The Morgan fingerprint density at radius 3 is 2.55 bits per heavy atom. The maximum absolute atomic E-state index is 5.87. The van der Waals surface area contributed by atoms with Crippen molar-refractivity contribution in [1.29, 1.82) is 0 Å². The average Bonchev–Trinajstić information content (AvgIpc) is 2.43. The minimum absolute atomic E-state index is 0.223. The first kappa shape index (κ1) is 15.3. The monoisotopic (exact) mass is 276 g/mol. The van der Waals surface area contributed by atoms with Crippen molar-refractivity contribution in [2.45, 2.75) is 52.5 Å². The van der Waals surface area contributed by atoms with Gasteiger partial charge in [0.05, 0.1) is 6.61 Å². The summed E-state index contributed by atoms with van der Waals surface area (Å²) in [6.07, 6.45) is 5.18. The van der Waals surface area contributed by atoms with Gasteiger partial charge in [0.1, 0.15) is 5.75 Å². The molecule has 0 spiro atoms. The maximum Gasteiger partial charge on any atom is 0.119 e. The molecular weight excluding hydrogens is 248 g/mol. The lowest BCUT2D eigenvalue weighted by Gasteiger charge is -2.43. The molecule has 3 N–H and O–H groups in total. The molecule has 20 heavy (non-hydrogen) atoms. The Morgan fingerprint density at radius 2 is 2.00 bits per heavy atom. The van der Waals surface area contributed by atoms with Crippen LogP contribution in [0.15, 0.2) is 24.3 Å². The molecule has 0 bridgehead atoms. The van der Waals surface area contributed by atoms with Crippen LogP contribution in [0.5, 0.6) is 5.75 Å². The first-order chi connectivity index (χ1) is 9.58. The summed E-state index contributed by atoms with van der Waals surface area (Å²) in [6, 6.07) is 8.58. The van der Waals surface area contributed by atoms with Crippen molar-refractivity contribution in [3.05, 3.63) is 29.8 Å². The van der Waals surface area contributed by atoms with Crippen LogP contribution in [0.3, 0.4) is 0 Å². The number of benzene rings is 1. The molecule has 0 saturated heterocycles.